The lowest BCUT2D eigenvalue weighted by molar-refractivity contribution is -0.129. The van der Waals surface area contributed by atoms with Gasteiger partial charge in [0.15, 0.2) is 23.0 Å². The molecule has 190 valence electrons. The molecule has 0 spiro atoms. The zero-order valence-electron chi connectivity index (χ0n) is 21.0. The van der Waals surface area contributed by atoms with Gasteiger partial charge in [-0.05, 0) is 41.8 Å². The molecule has 1 unspecified atom stereocenters. The standard InChI is InChI=1S/C30H29NO6/c1-35-24-12-8-7-11-22(24)28-27(23(32)15-13-20-9-5-4-6-10-20)29(33)30(34)31(28)18-17-21-14-16-25(36-2)26(19-21)37-3/h4-16,19,28,33H,17-18H2,1-3H3/b15-13+. The molecule has 0 saturated heterocycles. The van der Waals surface area contributed by atoms with Gasteiger partial charge in [0.25, 0.3) is 5.91 Å². The third-order valence-electron chi connectivity index (χ3n) is 6.32. The molecule has 3 aromatic carbocycles. The molecule has 0 bridgehead atoms. The number of amides is 1. The molecule has 37 heavy (non-hydrogen) atoms. The van der Waals surface area contributed by atoms with E-state index in [2.05, 4.69) is 0 Å². The molecule has 4 rings (SSSR count). The average Bonchev–Trinajstić information content (AvgIpc) is 3.20. The molecular formula is C30H29NO6. The van der Waals surface area contributed by atoms with Gasteiger partial charge in [0.2, 0.25) is 0 Å². The fourth-order valence-electron chi connectivity index (χ4n) is 4.46. The Labute approximate surface area is 216 Å². The SMILES string of the molecule is COc1ccc(CCN2C(=O)C(O)=C(C(=O)/C=C/c3ccccc3)C2c2ccccc2OC)cc1OC. The van der Waals surface area contributed by atoms with Crippen molar-refractivity contribution < 1.29 is 28.9 Å². The van der Waals surface area contributed by atoms with E-state index < -0.39 is 23.5 Å². The Hall–Kier alpha value is -4.52. The second-order valence-electron chi connectivity index (χ2n) is 8.45. The normalized spacial score (nSPS) is 15.4. The first-order valence-corrected chi connectivity index (χ1v) is 11.8. The Kier molecular flexibility index (Phi) is 7.93. The first kappa shape index (κ1) is 25.6. The number of ketones is 1. The number of rotatable bonds is 10. The van der Waals surface area contributed by atoms with E-state index in [0.717, 1.165) is 11.1 Å². The van der Waals surface area contributed by atoms with Crippen LogP contribution in [0.3, 0.4) is 0 Å². The minimum Gasteiger partial charge on any atom is -0.503 e. The summed E-state index contributed by atoms with van der Waals surface area (Å²) in [7, 11) is 4.66. The molecule has 1 atom stereocenters. The highest BCUT2D eigenvalue weighted by atomic mass is 16.5. The van der Waals surface area contributed by atoms with Crippen molar-refractivity contribution in [3.05, 3.63) is 107 Å². The fraction of sp³-hybridized carbons (Fsp3) is 0.200. The third-order valence-corrected chi connectivity index (χ3v) is 6.32. The zero-order chi connectivity index (χ0) is 26.4. The number of para-hydroxylation sites is 1. The van der Waals surface area contributed by atoms with Crippen molar-refractivity contribution in [2.24, 2.45) is 0 Å². The van der Waals surface area contributed by atoms with E-state index in [0.29, 0.717) is 29.2 Å². The van der Waals surface area contributed by atoms with E-state index in [1.807, 2.05) is 54.6 Å². The highest BCUT2D eigenvalue weighted by Gasteiger charge is 2.43. The van der Waals surface area contributed by atoms with Gasteiger partial charge in [-0.3, -0.25) is 9.59 Å². The van der Waals surface area contributed by atoms with Crippen LogP contribution in [-0.4, -0.2) is 49.6 Å². The first-order valence-electron chi connectivity index (χ1n) is 11.8. The third kappa shape index (κ3) is 5.35. The molecule has 1 N–H and O–H groups in total. The van der Waals surface area contributed by atoms with Gasteiger partial charge in [-0.15, -0.1) is 0 Å². The monoisotopic (exact) mass is 499 g/mol. The number of benzene rings is 3. The number of nitrogens with zero attached hydrogens (tertiary/aromatic N) is 1. The van der Waals surface area contributed by atoms with Crippen LogP contribution in [0, 0.1) is 0 Å². The van der Waals surface area contributed by atoms with Gasteiger partial charge in [-0.25, -0.2) is 0 Å². The summed E-state index contributed by atoms with van der Waals surface area (Å²) in [6.07, 6.45) is 3.51. The Morgan fingerprint density at radius 1 is 0.892 bits per heavy atom. The zero-order valence-corrected chi connectivity index (χ0v) is 21.0. The molecule has 1 heterocycles. The van der Waals surface area contributed by atoms with E-state index in [4.69, 9.17) is 14.2 Å². The summed E-state index contributed by atoms with van der Waals surface area (Å²) in [5, 5.41) is 10.9. The van der Waals surface area contributed by atoms with Gasteiger partial charge in [0, 0.05) is 12.1 Å². The molecule has 7 heteroatoms. The molecule has 0 aromatic heterocycles. The van der Waals surface area contributed by atoms with Crippen molar-refractivity contribution in [1.82, 2.24) is 4.90 Å². The molecule has 7 nitrogen and oxygen atoms in total. The maximum absolute atomic E-state index is 13.4. The van der Waals surface area contributed by atoms with Gasteiger partial charge in [0.05, 0.1) is 32.9 Å². The van der Waals surface area contributed by atoms with Crippen LogP contribution in [0.2, 0.25) is 0 Å². The van der Waals surface area contributed by atoms with Crippen molar-refractivity contribution in [3.8, 4) is 17.2 Å². The van der Waals surface area contributed by atoms with Gasteiger partial charge < -0.3 is 24.2 Å². The Bertz CT molecular complexity index is 1350. The number of hydrogen-bond acceptors (Lipinski definition) is 6. The summed E-state index contributed by atoms with van der Waals surface area (Å²) in [5.41, 5.74) is 2.38. The van der Waals surface area contributed by atoms with Gasteiger partial charge >= 0.3 is 0 Å². The topological polar surface area (TPSA) is 85.3 Å². The second kappa shape index (κ2) is 11.5. The minimum absolute atomic E-state index is 0.0222. The van der Waals surface area contributed by atoms with Crippen LogP contribution in [0.4, 0.5) is 0 Å². The van der Waals surface area contributed by atoms with Crippen LogP contribution in [0.1, 0.15) is 22.7 Å². The van der Waals surface area contributed by atoms with Gasteiger partial charge in [-0.1, -0.05) is 60.7 Å². The lowest BCUT2D eigenvalue weighted by Gasteiger charge is -2.28. The molecular weight excluding hydrogens is 470 g/mol. The maximum Gasteiger partial charge on any atom is 0.290 e. The lowest BCUT2D eigenvalue weighted by atomic mass is 9.94. The molecule has 0 radical (unpaired) electrons. The summed E-state index contributed by atoms with van der Waals surface area (Å²) in [4.78, 5) is 28.2. The van der Waals surface area contributed by atoms with Crippen molar-refractivity contribution in [2.75, 3.05) is 27.9 Å². The van der Waals surface area contributed by atoms with Crippen LogP contribution in [0.25, 0.3) is 6.08 Å². The number of aliphatic hydroxyl groups excluding tert-OH is 1. The Morgan fingerprint density at radius 3 is 2.27 bits per heavy atom. The smallest absolute Gasteiger partial charge is 0.290 e. The van der Waals surface area contributed by atoms with Crippen LogP contribution in [0.5, 0.6) is 17.2 Å². The largest absolute Gasteiger partial charge is 0.503 e. The summed E-state index contributed by atoms with van der Waals surface area (Å²) >= 11 is 0. The second-order valence-corrected chi connectivity index (χ2v) is 8.45. The Balaban J connectivity index is 1.68. The number of hydrogen-bond donors (Lipinski definition) is 1. The highest BCUT2D eigenvalue weighted by molar-refractivity contribution is 6.14. The summed E-state index contributed by atoms with van der Waals surface area (Å²) < 4.78 is 16.3. The summed E-state index contributed by atoms with van der Waals surface area (Å²) in [5.74, 6) is 0.103. The summed E-state index contributed by atoms with van der Waals surface area (Å²) in [6, 6.07) is 21.3. The minimum atomic E-state index is -0.809. The Morgan fingerprint density at radius 2 is 1.57 bits per heavy atom. The first-order chi connectivity index (χ1) is 18.0. The van der Waals surface area contributed by atoms with Crippen molar-refractivity contribution in [2.45, 2.75) is 12.5 Å². The van der Waals surface area contributed by atoms with Crippen LogP contribution in [-0.2, 0) is 16.0 Å². The quantitative estimate of drug-likeness (QED) is 0.398. The molecule has 1 amide bonds. The van der Waals surface area contributed by atoms with E-state index in [9.17, 15) is 14.7 Å². The number of allylic oxidation sites excluding steroid dienone is 1. The van der Waals surface area contributed by atoms with E-state index in [1.54, 1.807) is 38.5 Å². The average molecular weight is 500 g/mol. The fourth-order valence-corrected chi connectivity index (χ4v) is 4.46. The molecule has 1 aliphatic rings. The van der Waals surface area contributed by atoms with Crippen molar-refractivity contribution >= 4 is 17.8 Å². The number of ether oxygens (including phenoxy) is 3. The van der Waals surface area contributed by atoms with E-state index in [-0.39, 0.29) is 12.1 Å². The predicted molar refractivity (Wildman–Crippen MR) is 141 cm³/mol. The molecule has 0 aliphatic carbocycles. The maximum atomic E-state index is 13.4. The van der Waals surface area contributed by atoms with Crippen LogP contribution < -0.4 is 14.2 Å². The lowest BCUT2D eigenvalue weighted by Crippen LogP contribution is -2.33. The number of carbonyl (C=O) groups is 2. The van der Waals surface area contributed by atoms with Gasteiger partial charge in [-0.2, -0.15) is 0 Å². The van der Waals surface area contributed by atoms with Crippen molar-refractivity contribution in [3.63, 3.8) is 0 Å². The number of aliphatic hydroxyl groups is 1. The molecule has 0 saturated carbocycles. The highest BCUT2D eigenvalue weighted by Crippen LogP contribution is 2.41. The molecule has 1 aliphatic heterocycles. The molecule has 0 fully saturated rings. The van der Waals surface area contributed by atoms with Crippen molar-refractivity contribution in [1.29, 1.82) is 0 Å². The van der Waals surface area contributed by atoms with E-state index >= 15 is 0 Å². The van der Waals surface area contributed by atoms with Crippen LogP contribution >= 0.6 is 0 Å². The number of carbonyl (C=O) groups excluding carboxylic acids is 2. The number of methoxy groups -OCH3 is 3. The van der Waals surface area contributed by atoms with Crippen LogP contribution in [0.15, 0.2) is 90.2 Å². The predicted octanol–water partition coefficient (Wildman–Crippen LogP) is 4.93. The van der Waals surface area contributed by atoms with Gasteiger partial charge in [0.1, 0.15) is 5.75 Å². The van der Waals surface area contributed by atoms with E-state index in [1.165, 1.54) is 18.1 Å². The molecule has 3 aromatic rings. The summed E-state index contributed by atoms with van der Waals surface area (Å²) in [6.45, 7) is 0.250.